The van der Waals surface area contributed by atoms with Gasteiger partial charge in [0.25, 0.3) is 5.56 Å². The Hall–Kier alpha value is -3.49. The van der Waals surface area contributed by atoms with E-state index >= 15 is 0 Å². The van der Waals surface area contributed by atoms with Crippen LogP contribution in [-0.2, 0) is 11.3 Å². The van der Waals surface area contributed by atoms with Crippen molar-refractivity contribution in [3.05, 3.63) is 87.4 Å². The zero-order valence-electron chi connectivity index (χ0n) is 18.1. The van der Waals surface area contributed by atoms with E-state index in [4.69, 9.17) is 11.6 Å². The molecule has 33 heavy (non-hydrogen) atoms. The van der Waals surface area contributed by atoms with E-state index in [2.05, 4.69) is 15.5 Å². The van der Waals surface area contributed by atoms with Crippen LogP contribution in [0.2, 0.25) is 5.02 Å². The molecule has 0 bridgehead atoms. The van der Waals surface area contributed by atoms with E-state index in [0.717, 1.165) is 11.3 Å². The number of rotatable bonds is 8. The summed E-state index contributed by atoms with van der Waals surface area (Å²) >= 11 is 5.95. The number of aromatic nitrogens is 4. The molecule has 4 aromatic rings. The van der Waals surface area contributed by atoms with Gasteiger partial charge in [-0.15, -0.1) is 0 Å². The molecule has 0 radical (unpaired) electrons. The van der Waals surface area contributed by atoms with Crippen LogP contribution >= 0.6 is 11.6 Å². The molecule has 4 rings (SSSR count). The molecule has 0 aliphatic rings. The molecule has 2 N–H and O–H groups in total. The number of nitrogens with one attached hydrogen (secondary N) is 1. The van der Waals surface area contributed by atoms with E-state index in [1.807, 2.05) is 49.4 Å². The van der Waals surface area contributed by atoms with Gasteiger partial charge in [0, 0.05) is 36.1 Å². The third-order valence-corrected chi connectivity index (χ3v) is 5.61. The van der Waals surface area contributed by atoms with Crippen molar-refractivity contribution in [1.82, 2.24) is 24.9 Å². The van der Waals surface area contributed by atoms with Gasteiger partial charge < -0.3 is 10.4 Å². The summed E-state index contributed by atoms with van der Waals surface area (Å²) in [6.45, 7) is 2.25. The number of hydrogen-bond acceptors (Lipinski definition) is 5. The van der Waals surface area contributed by atoms with E-state index in [1.54, 1.807) is 23.0 Å². The minimum absolute atomic E-state index is 0.133. The Bertz CT molecular complexity index is 1320. The first-order chi connectivity index (χ1) is 15.9. The second-order valence-electron chi connectivity index (χ2n) is 7.76. The van der Waals surface area contributed by atoms with E-state index in [9.17, 15) is 14.7 Å². The largest absolute Gasteiger partial charge is 0.387 e. The quantitative estimate of drug-likeness (QED) is 0.416. The van der Waals surface area contributed by atoms with Crippen LogP contribution in [0.5, 0.6) is 0 Å². The summed E-state index contributed by atoms with van der Waals surface area (Å²) in [6.07, 6.45) is 1.66. The molecule has 170 valence electrons. The SMILES string of the molecule is Cc1nn(CCCC(=O)NCC(O)c2ccccc2)c(=O)c2nn(-c3ccc(Cl)cc3)cc12. The Balaban J connectivity index is 1.38. The van der Waals surface area contributed by atoms with Crippen LogP contribution in [0.25, 0.3) is 16.6 Å². The first-order valence-electron chi connectivity index (χ1n) is 10.6. The lowest BCUT2D eigenvalue weighted by molar-refractivity contribution is -0.121. The second-order valence-corrected chi connectivity index (χ2v) is 8.20. The van der Waals surface area contributed by atoms with Crippen molar-refractivity contribution in [3.8, 4) is 5.69 Å². The van der Waals surface area contributed by atoms with E-state index in [0.29, 0.717) is 28.0 Å². The molecule has 1 atom stereocenters. The maximum Gasteiger partial charge on any atom is 0.295 e. The van der Waals surface area contributed by atoms with Gasteiger partial charge >= 0.3 is 0 Å². The molecule has 1 unspecified atom stereocenters. The molecule has 2 aromatic heterocycles. The van der Waals surface area contributed by atoms with Crippen LogP contribution in [0.4, 0.5) is 0 Å². The van der Waals surface area contributed by atoms with Gasteiger partial charge in [-0.3, -0.25) is 9.59 Å². The fraction of sp³-hybridized carbons (Fsp3) is 0.250. The molecule has 9 heteroatoms. The molecule has 0 saturated heterocycles. The number of aliphatic hydroxyl groups is 1. The minimum Gasteiger partial charge on any atom is -0.387 e. The average molecular weight is 466 g/mol. The highest BCUT2D eigenvalue weighted by Gasteiger charge is 2.14. The number of aliphatic hydroxyl groups excluding tert-OH is 1. The minimum atomic E-state index is -0.764. The lowest BCUT2D eigenvalue weighted by Crippen LogP contribution is -2.29. The summed E-state index contributed by atoms with van der Waals surface area (Å²) in [5, 5.41) is 23.0. The number of halogens is 1. The van der Waals surface area contributed by atoms with Gasteiger partial charge in [0.05, 0.1) is 17.5 Å². The van der Waals surface area contributed by atoms with Gasteiger partial charge in [-0.2, -0.15) is 10.2 Å². The zero-order valence-corrected chi connectivity index (χ0v) is 18.9. The summed E-state index contributed by atoms with van der Waals surface area (Å²) < 4.78 is 2.98. The van der Waals surface area contributed by atoms with Gasteiger partial charge in [-0.05, 0) is 43.2 Å². The Morgan fingerprint density at radius 1 is 1.12 bits per heavy atom. The van der Waals surface area contributed by atoms with E-state index < -0.39 is 6.10 Å². The van der Waals surface area contributed by atoms with E-state index in [-0.39, 0.29) is 31.0 Å². The van der Waals surface area contributed by atoms with Crippen molar-refractivity contribution in [2.24, 2.45) is 0 Å². The van der Waals surface area contributed by atoms with Crippen LogP contribution in [0, 0.1) is 6.92 Å². The lowest BCUT2D eigenvalue weighted by Gasteiger charge is -2.12. The van der Waals surface area contributed by atoms with Crippen molar-refractivity contribution < 1.29 is 9.90 Å². The third-order valence-electron chi connectivity index (χ3n) is 5.35. The first kappa shape index (κ1) is 22.7. The maximum atomic E-state index is 12.9. The van der Waals surface area contributed by atoms with Gasteiger partial charge in [0.2, 0.25) is 5.91 Å². The first-order valence-corrected chi connectivity index (χ1v) is 11.0. The smallest absolute Gasteiger partial charge is 0.295 e. The number of amides is 1. The molecule has 0 saturated carbocycles. The summed E-state index contributed by atoms with van der Waals surface area (Å²) in [4.78, 5) is 25.1. The predicted molar refractivity (Wildman–Crippen MR) is 127 cm³/mol. The number of aryl methyl sites for hydroxylation is 2. The van der Waals surface area contributed by atoms with Gasteiger partial charge in [0.15, 0.2) is 5.52 Å². The third kappa shape index (κ3) is 5.30. The highest BCUT2D eigenvalue weighted by Crippen LogP contribution is 2.17. The fourth-order valence-corrected chi connectivity index (χ4v) is 3.68. The monoisotopic (exact) mass is 465 g/mol. The molecule has 0 aliphatic carbocycles. The predicted octanol–water partition coefficient (Wildman–Crippen LogP) is 3.17. The topological polar surface area (TPSA) is 102 Å². The van der Waals surface area contributed by atoms with Crippen LogP contribution in [-0.4, -0.2) is 37.1 Å². The number of nitrogens with zero attached hydrogens (tertiary/aromatic N) is 4. The second kappa shape index (κ2) is 9.97. The van der Waals surface area contributed by atoms with Crippen LogP contribution in [0.1, 0.15) is 30.2 Å². The van der Waals surface area contributed by atoms with Crippen LogP contribution < -0.4 is 10.9 Å². The van der Waals surface area contributed by atoms with Crippen molar-refractivity contribution in [2.75, 3.05) is 6.54 Å². The normalized spacial score (nSPS) is 12.1. The number of carbonyl (C=O) groups excluding carboxylic acids is 1. The summed E-state index contributed by atoms with van der Waals surface area (Å²) in [5.74, 6) is -0.192. The van der Waals surface area contributed by atoms with Crippen molar-refractivity contribution in [2.45, 2.75) is 32.4 Å². The molecular formula is C24H24ClN5O3. The van der Waals surface area contributed by atoms with Gasteiger partial charge in [0.1, 0.15) is 0 Å². The number of benzene rings is 2. The lowest BCUT2D eigenvalue weighted by atomic mass is 10.1. The van der Waals surface area contributed by atoms with Crippen molar-refractivity contribution in [3.63, 3.8) is 0 Å². The fourth-order valence-electron chi connectivity index (χ4n) is 3.56. The molecule has 0 fully saturated rings. The van der Waals surface area contributed by atoms with Crippen LogP contribution in [0.15, 0.2) is 65.6 Å². The summed E-state index contributed by atoms with van der Waals surface area (Å²) in [5.41, 5.74) is 2.24. The standard InChI is InChI=1S/C24H24ClN5O3/c1-16-20-15-30(19-11-9-18(25)10-12-19)28-23(20)24(33)29(27-16)13-5-8-22(32)26-14-21(31)17-6-3-2-4-7-17/h2-4,6-7,9-12,15,21,31H,5,8,13-14H2,1H3,(H,26,32). The molecule has 1 amide bonds. The Kier molecular flexibility index (Phi) is 6.86. The van der Waals surface area contributed by atoms with Crippen molar-refractivity contribution >= 4 is 28.4 Å². The molecule has 0 aliphatic heterocycles. The van der Waals surface area contributed by atoms with Gasteiger partial charge in [-0.1, -0.05) is 41.9 Å². The van der Waals surface area contributed by atoms with Crippen LogP contribution in [0.3, 0.4) is 0 Å². The Labute approximate surface area is 195 Å². The molecule has 8 nitrogen and oxygen atoms in total. The highest BCUT2D eigenvalue weighted by molar-refractivity contribution is 6.30. The van der Waals surface area contributed by atoms with Crippen molar-refractivity contribution in [1.29, 1.82) is 0 Å². The van der Waals surface area contributed by atoms with E-state index in [1.165, 1.54) is 4.68 Å². The number of hydrogen-bond donors (Lipinski definition) is 2. The molecular weight excluding hydrogens is 442 g/mol. The Morgan fingerprint density at radius 2 is 1.85 bits per heavy atom. The Morgan fingerprint density at radius 3 is 2.58 bits per heavy atom. The molecule has 2 aromatic carbocycles. The van der Waals surface area contributed by atoms with Gasteiger partial charge in [-0.25, -0.2) is 9.36 Å². The summed E-state index contributed by atoms with van der Waals surface area (Å²) in [6, 6.07) is 16.3. The number of fused-ring (bicyclic) bond motifs is 1. The average Bonchev–Trinajstić information content (AvgIpc) is 3.28. The summed E-state index contributed by atoms with van der Waals surface area (Å²) in [7, 11) is 0. The zero-order chi connectivity index (χ0) is 23.4. The maximum absolute atomic E-state index is 12.9. The number of carbonyl (C=O) groups is 1. The highest BCUT2D eigenvalue weighted by atomic mass is 35.5. The molecule has 2 heterocycles. The molecule has 0 spiro atoms.